The third-order valence-electron chi connectivity index (χ3n) is 4.12. The predicted molar refractivity (Wildman–Crippen MR) is 93.3 cm³/mol. The summed E-state index contributed by atoms with van der Waals surface area (Å²) in [5, 5.41) is 0. The van der Waals surface area contributed by atoms with Crippen molar-refractivity contribution in [2.75, 3.05) is 31.1 Å². The van der Waals surface area contributed by atoms with Crippen LogP contribution in [0.3, 0.4) is 0 Å². The summed E-state index contributed by atoms with van der Waals surface area (Å²) in [6, 6.07) is 0. The second-order valence-electron chi connectivity index (χ2n) is 5.70. The Balaban J connectivity index is 0.00000200. The van der Waals surface area contributed by atoms with E-state index < -0.39 is 9.84 Å². The Labute approximate surface area is 139 Å². The number of hydrogen-bond donors (Lipinski definition) is 1. The second-order valence-corrected chi connectivity index (χ2v) is 8.00. The average Bonchev–Trinajstić information content (AvgIpc) is 2.66. The minimum absolute atomic E-state index is 0. The molecule has 2 aliphatic rings. The van der Waals surface area contributed by atoms with Gasteiger partial charge in [-0.2, -0.15) is 0 Å². The summed E-state index contributed by atoms with van der Waals surface area (Å²) in [7, 11) is -2.77. The number of halogens is 1. The molecule has 0 aromatic heterocycles. The number of rotatable bonds is 2. The standard InChI is InChI=1S/C13H25N3O2S.HI/c14-13(16-7-3-1-2-4-8-16)15-11-12-5-9-19(17,18)10-6-12;/h12H,1-11H2,(H2,14,15);1H. The molecule has 7 heteroatoms. The molecule has 118 valence electrons. The minimum Gasteiger partial charge on any atom is -0.370 e. The Morgan fingerprint density at radius 1 is 1.10 bits per heavy atom. The molecule has 2 saturated heterocycles. The minimum atomic E-state index is -2.77. The summed E-state index contributed by atoms with van der Waals surface area (Å²) < 4.78 is 22.7. The van der Waals surface area contributed by atoms with Crippen LogP contribution < -0.4 is 5.73 Å². The normalized spacial score (nSPS) is 24.8. The molecule has 0 aromatic carbocycles. The first-order valence-electron chi connectivity index (χ1n) is 7.32. The molecule has 2 fully saturated rings. The number of nitrogens with zero attached hydrogens (tertiary/aromatic N) is 2. The Hall–Kier alpha value is -0.0500. The lowest BCUT2D eigenvalue weighted by atomic mass is 10.0. The maximum Gasteiger partial charge on any atom is 0.191 e. The van der Waals surface area contributed by atoms with Gasteiger partial charge in [-0.05, 0) is 31.6 Å². The lowest BCUT2D eigenvalue weighted by Crippen LogP contribution is -2.38. The molecule has 20 heavy (non-hydrogen) atoms. The monoisotopic (exact) mass is 415 g/mol. The average molecular weight is 415 g/mol. The number of sulfone groups is 1. The quantitative estimate of drug-likeness (QED) is 0.423. The largest absolute Gasteiger partial charge is 0.370 e. The van der Waals surface area contributed by atoms with Crippen LogP contribution in [0.5, 0.6) is 0 Å². The van der Waals surface area contributed by atoms with Crippen LogP contribution in [0.15, 0.2) is 4.99 Å². The van der Waals surface area contributed by atoms with Gasteiger partial charge in [0, 0.05) is 19.6 Å². The van der Waals surface area contributed by atoms with Crippen molar-refractivity contribution in [2.24, 2.45) is 16.6 Å². The maximum absolute atomic E-state index is 11.4. The lowest BCUT2D eigenvalue weighted by molar-refractivity contribution is 0.421. The Morgan fingerprint density at radius 3 is 2.20 bits per heavy atom. The molecule has 5 nitrogen and oxygen atoms in total. The fourth-order valence-corrected chi connectivity index (χ4v) is 4.33. The molecule has 0 bridgehead atoms. The van der Waals surface area contributed by atoms with Gasteiger partial charge in [0.1, 0.15) is 9.84 Å². The van der Waals surface area contributed by atoms with Crippen molar-refractivity contribution in [3.05, 3.63) is 0 Å². The molecule has 0 aliphatic carbocycles. The van der Waals surface area contributed by atoms with Crippen LogP contribution in [0.4, 0.5) is 0 Å². The first-order chi connectivity index (χ1) is 9.07. The fourth-order valence-electron chi connectivity index (χ4n) is 2.74. The molecule has 2 N–H and O–H groups in total. The predicted octanol–water partition coefficient (Wildman–Crippen LogP) is 1.62. The molecule has 0 radical (unpaired) electrons. The molecule has 0 spiro atoms. The van der Waals surface area contributed by atoms with E-state index in [2.05, 4.69) is 9.89 Å². The summed E-state index contributed by atoms with van der Waals surface area (Å²) in [4.78, 5) is 6.66. The van der Waals surface area contributed by atoms with Crippen molar-refractivity contribution in [1.29, 1.82) is 0 Å². The Bertz CT molecular complexity index is 403. The number of likely N-dealkylation sites (tertiary alicyclic amines) is 1. The third kappa shape index (κ3) is 5.75. The van der Waals surface area contributed by atoms with Gasteiger partial charge in [-0.1, -0.05) is 12.8 Å². The highest BCUT2D eigenvalue weighted by Crippen LogP contribution is 2.19. The molecule has 0 atom stereocenters. The van der Waals surface area contributed by atoms with Crippen LogP contribution in [0, 0.1) is 5.92 Å². The van der Waals surface area contributed by atoms with Crippen LogP contribution in [-0.2, 0) is 9.84 Å². The Kier molecular flexibility index (Phi) is 7.57. The molecule has 0 amide bonds. The van der Waals surface area contributed by atoms with E-state index in [1.807, 2.05) is 0 Å². The first kappa shape index (κ1) is 18.0. The van der Waals surface area contributed by atoms with E-state index in [-0.39, 0.29) is 24.0 Å². The molecule has 0 aromatic rings. The van der Waals surface area contributed by atoms with Gasteiger partial charge in [0.25, 0.3) is 0 Å². The van der Waals surface area contributed by atoms with Crippen LogP contribution in [0.25, 0.3) is 0 Å². The zero-order valence-corrected chi connectivity index (χ0v) is 15.1. The van der Waals surface area contributed by atoms with Crippen molar-refractivity contribution in [1.82, 2.24) is 4.90 Å². The van der Waals surface area contributed by atoms with Gasteiger partial charge in [-0.15, -0.1) is 24.0 Å². The van der Waals surface area contributed by atoms with Crippen molar-refractivity contribution in [3.63, 3.8) is 0 Å². The summed E-state index contributed by atoms with van der Waals surface area (Å²) >= 11 is 0. The first-order valence-corrected chi connectivity index (χ1v) is 9.14. The number of guanidine groups is 1. The van der Waals surface area contributed by atoms with Crippen molar-refractivity contribution < 1.29 is 8.42 Å². The molecule has 2 heterocycles. The summed E-state index contributed by atoms with van der Waals surface area (Å²) in [6.07, 6.45) is 6.42. The van der Waals surface area contributed by atoms with E-state index >= 15 is 0 Å². The Morgan fingerprint density at radius 2 is 1.65 bits per heavy atom. The molecular formula is C13H26IN3O2S. The summed E-state index contributed by atoms with van der Waals surface area (Å²) in [5.74, 6) is 1.66. The van der Waals surface area contributed by atoms with Gasteiger partial charge in [0.2, 0.25) is 0 Å². The number of nitrogens with two attached hydrogens (primary N) is 1. The molecule has 0 saturated carbocycles. The van der Waals surface area contributed by atoms with Gasteiger partial charge in [0.15, 0.2) is 5.96 Å². The topological polar surface area (TPSA) is 75.8 Å². The lowest BCUT2D eigenvalue weighted by Gasteiger charge is -2.23. The third-order valence-corrected chi connectivity index (χ3v) is 5.83. The zero-order chi connectivity index (χ0) is 13.7. The smallest absolute Gasteiger partial charge is 0.191 e. The van der Waals surface area contributed by atoms with E-state index in [1.165, 1.54) is 25.7 Å². The highest BCUT2D eigenvalue weighted by molar-refractivity contribution is 14.0. The fraction of sp³-hybridized carbons (Fsp3) is 0.923. The van der Waals surface area contributed by atoms with Crippen molar-refractivity contribution >= 4 is 39.8 Å². The van der Waals surface area contributed by atoms with E-state index in [1.54, 1.807) is 0 Å². The molecular weight excluding hydrogens is 389 g/mol. The summed E-state index contributed by atoms with van der Waals surface area (Å²) in [6.45, 7) is 2.70. The van der Waals surface area contributed by atoms with Crippen LogP contribution >= 0.6 is 24.0 Å². The van der Waals surface area contributed by atoms with Crippen molar-refractivity contribution in [3.8, 4) is 0 Å². The highest BCUT2D eigenvalue weighted by atomic mass is 127. The maximum atomic E-state index is 11.4. The second kappa shape index (κ2) is 8.41. The van der Waals surface area contributed by atoms with E-state index in [0.717, 1.165) is 25.9 Å². The zero-order valence-electron chi connectivity index (χ0n) is 12.0. The van der Waals surface area contributed by atoms with Gasteiger partial charge in [-0.25, -0.2) is 8.42 Å². The van der Waals surface area contributed by atoms with Crippen LogP contribution in [0.1, 0.15) is 38.5 Å². The number of aliphatic imine (C=N–C) groups is 1. The van der Waals surface area contributed by atoms with E-state index in [4.69, 9.17) is 5.73 Å². The summed E-state index contributed by atoms with van der Waals surface area (Å²) in [5.41, 5.74) is 6.05. The van der Waals surface area contributed by atoms with Gasteiger partial charge >= 0.3 is 0 Å². The van der Waals surface area contributed by atoms with E-state index in [0.29, 0.717) is 29.9 Å². The van der Waals surface area contributed by atoms with Crippen LogP contribution in [0.2, 0.25) is 0 Å². The van der Waals surface area contributed by atoms with Gasteiger partial charge in [-0.3, -0.25) is 4.99 Å². The number of hydrogen-bond acceptors (Lipinski definition) is 3. The highest BCUT2D eigenvalue weighted by Gasteiger charge is 2.23. The molecule has 0 unspecified atom stereocenters. The van der Waals surface area contributed by atoms with Gasteiger partial charge < -0.3 is 10.6 Å². The molecule has 2 aliphatic heterocycles. The SMILES string of the molecule is I.NC(=NCC1CCS(=O)(=O)CC1)N1CCCCCC1. The van der Waals surface area contributed by atoms with Crippen molar-refractivity contribution in [2.45, 2.75) is 38.5 Å². The molecule has 2 rings (SSSR count). The van der Waals surface area contributed by atoms with Crippen LogP contribution in [-0.4, -0.2) is 50.4 Å². The van der Waals surface area contributed by atoms with E-state index in [9.17, 15) is 8.42 Å². The van der Waals surface area contributed by atoms with Gasteiger partial charge in [0.05, 0.1) is 11.5 Å².